The zero-order valence-electron chi connectivity index (χ0n) is 20.0. The first-order valence-electron chi connectivity index (χ1n) is 11.6. The molecule has 0 spiro atoms. The molecule has 0 radical (unpaired) electrons. The van der Waals surface area contributed by atoms with Crippen molar-refractivity contribution >= 4 is 52.9 Å². The molecule has 3 aromatic carbocycles. The lowest BCUT2D eigenvalue weighted by Crippen LogP contribution is -2.46. The second-order valence-electron chi connectivity index (χ2n) is 8.49. The fraction of sp³-hybridized carbons (Fsp3) is 0.296. The summed E-state index contributed by atoms with van der Waals surface area (Å²) in [5.41, 5.74) is 2.12. The third-order valence-corrected chi connectivity index (χ3v) is 6.64. The summed E-state index contributed by atoms with van der Waals surface area (Å²) in [6.45, 7) is 5.14. The van der Waals surface area contributed by atoms with Crippen molar-refractivity contribution in [2.24, 2.45) is 0 Å². The predicted octanol–water partition coefficient (Wildman–Crippen LogP) is 6.42. The van der Waals surface area contributed by atoms with E-state index in [1.165, 1.54) is 22.7 Å². The number of hydrogen-bond acceptors (Lipinski definition) is 4. The molecule has 0 bridgehead atoms. The van der Waals surface area contributed by atoms with Gasteiger partial charge in [0.25, 0.3) is 5.91 Å². The van der Waals surface area contributed by atoms with Gasteiger partial charge in [0, 0.05) is 66.8 Å². The normalized spacial score (nSPS) is 13.7. The Morgan fingerprint density at radius 2 is 1.56 bits per heavy atom. The molecule has 0 saturated carbocycles. The zero-order valence-corrected chi connectivity index (χ0v) is 22.3. The molecule has 4 rings (SSSR count). The second kappa shape index (κ2) is 13.2. The van der Waals surface area contributed by atoms with Gasteiger partial charge in [0.1, 0.15) is 0 Å². The Balaban J connectivity index is 0.00000361. The van der Waals surface area contributed by atoms with Gasteiger partial charge in [0.2, 0.25) is 0 Å². The molecular formula is C27H29Cl3FN3O2. The molecule has 3 aromatic rings. The van der Waals surface area contributed by atoms with E-state index in [0.717, 1.165) is 44.2 Å². The smallest absolute Gasteiger partial charge is 0.258 e. The molecule has 0 aromatic heterocycles. The first-order valence-corrected chi connectivity index (χ1v) is 12.3. The Labute approximate surface area is 227 Å². The van der Waals surface area contributed by atoms with Gasteiger partial charge in [0.15, 0.2) is 11.6 Å². The third kappa shape index (κ3) is 7.26. The predicted molar refractivity (Wildman–Crippen MR) is 148 cm³/mol. The van der Waals surface area contributed by atoms with Crippen LogP contribution in [-0.2, 0) is 0 Å². The van der Waals surface area contributed by atoms with E-state index in [-0.39, 0.29) is 29.6 Å². The summed E-state index contributed by atoms with van der Waals surface area (Å²) < 4.78 is 20.3. The van der Waals surface area contributed by atoms with Gasteiger partial charge >= 0.3 is 0 Å². The molecule has 36 heavy (non-hydrogen) atoms. The van der Waals surface area contributed by atoms with Crippen molar-refractivity contribution in [1.29, 1.82) is 0 Å². The minimum Gasteiger partial charge on any atom is -0.490 e. The number of rotatable bonds is 8. The van der Waals surface area contributed by atoms with Crippen molar-refractivity contribution in [2.75, 3.05) is 56.2 Å². The molecule has 192 valence electrons. The van der Waals surface area contributed by atoms with Crippen molar-refractivity contribution in [1.82, 2.24) is 4.90 Å². The molecule has 1 saturated heterocycles. The number of benzene rings is 3. The van der Waals surface area contributed by atoms with Gasteiger partial charge in [-0.1, -0.05) is 23.2 Å². The number of hydrogen-bond donors (Lipinski definition) is 0. The van der Waals surface area contributed by atoms with Crippen LogP contribution in [-0.4, -0.2) is 57.2 Å². The number of ether oxygens (including phenoxy) is 1. The monoisotopic (exact) mass is 551 g/mol. The highest BCUT2D eigenvalue weighted by Crippen LogP contribution is 2.23. The van der Waals surface area contributed by atoms with Gasteiger partial charge in [-0.3, -0.25) is 9.69 Å². The maximum absolute atomic E-state index is 14.6. The summed E-state index contributed by atoms with van der Waals surface area (Å²) in [7, 11) is 1.64. The van der Waals surface area contributed by atoms with Crippen LogP contribution in [0.5, 0.6) is 5.75 Å². The van der Waals surface area contributed by atoms with E-state index in [0.29, 0.717) is 17.3 Å². The van der Waals surface area contributed by atoms with Crippen molar-refractivity contribution in [3.63, 3.8) is 0 Å². The Bertz CT molecular complexity index is 1140. The van der Waals surface area contributed by atoms with Crippen molar-refractivity contribution in [3.8, 4) is 5.75 Å². The Kier molecular flexibility index (Phi) is 10.3. The minimum atomic E-state index is -0.545. The SMILES string of the molecule is CN(C(=O)c1ccc(OCCCN2CCN(c3ccc(Cl)cc3)CC2)c(F)c1)c1ccc(Cl)cc1.Cl. The molecular weight excluding hydrogens is 524 g/mol. The summed E-state index contributed by atoms with van der Waals surface area (Å²) >= 11 is 11.9. The number of halogens is 4. The van der Waals surface area contributed by atoms with Crippen LogP contribution in [0.1, 0.15) is 16.8 Å². The molecule has 0 aliphatic carbocycles. The average molecular weight is 553 g/mol. The average Bonchev–Trinajstić information content (AvgIpc) is 2.88. The maximum Gasteiger partial charge on any atom is 0.258 e. The fourth-order valence-electron chi connectivity index (χ4n) is 4.08. The molecule has 1 aliphatic heterocycles. The number of anilines is 2. The molecule has 9 heteroatoms. The van der Waals surface area contributed by atoms with Crippen LogP contribution >= 0.6 is 35.6 Å². The van der Waals surface area contributed by atoms with Gasteiger partial charge in [0.05, 0.1) is 6.61 Å². The number of piperazine rings is 1. The summed E-state index contributed by atoms with van der Waals surface area (Å²) in [5, 5.41) is 1.33. The Morgan fingerprint density at radius 1 is 0.944 bits per heavy atom. The van der Waals surface area contributed by atoms with E-state index in [9.17, 15) is 9.18 Å². The lowest BCUT2D eigenvalue weighted by molar-refractivity contribution is 0.0992. The second-order valence-corrected chi connectivity index (χ2v) is 9.37. The van der Waals surface area contributed by atoms with E-state index in [2.05, 4.69) is 21.9 Å². The van der Waals surface area contributed by atoms with E-state index in [4.69, 9.17) is 27.9 Å². The van der Waals surface area contributed by atoms with Gasteiger partial charge in [-0.15, -0.1) is 12.4 Å². The van der Waals surface area contributed by atoms with E-state index in [1.807, 2.05) is 12.1 Å². The number of carbonyl (C=O) groups is 1. The molecule has 0 N–H and O–H groups in total. The molecule has 1 fully saturated rings. The van der Waals surface area contributed by atoms with E-state index in [1.54, 1.807) is 37.4 Å². The van der Waals surface area contributed by atoms with Crippen LogP contribution in [0, 0.1) is 5.82 Å². The molecule has 5 nitrogen and oxygen atoms in total. The van der Waals surface area contributed by atoms with Crippen LogP contribution in [0.4, 0.5) is 15.8 Å². The number of carbonyl (C=O) groups excluding carboxylic acids is 1. The molecule has 1 heterocycles. The summed E-state index contributed by atoms with van der Waals surface area (Å²) in [5.74, 6) is -0.698. The minimum absolute atomic E-state index is 0. The van der Waals surface area contributed by atoms with Crippen LogP contribution in [0.15, 0.2) is 66.7 Å². The molecule has 0 atom stereocenters. The number of nitrogens with zero attached hydrogens (tertiary/aromatic N) is 3. The standard InChI is InChI=1S/C27H28Cl2FN3O2.ClH/c1-31(23-8-4-21(28)5-9-23)27(34)20-3-12-26(25(30)19-20)35-18-2-13-32-14-16-33(17-15-32)24-10-6-22(29)7-11-24;/h3-12,19H,2,13-18H2,1H3;1H. The lowest BCUT2D eigenvalue weighted by atomic mass is 10.1. The largest absolute Gasteiger partial charge is 0.490 e. The molecule has 1 amide bonds. The van der Waals surface area contributed by atoms with Crippen molar-refractivity contribution in [3.05, 3.63) is 88.2 Å². The highest BCUT2D eigenvalue weighted by Gasteiger charge is 2.18. The summed E-state index contributed by atoms with van der Waals surface area (Å²) in [6.07, 6.45) is 0.792. The number of amides is 1. The first kappa shape index (κ1) is 28.1. The Hall–Kier alpha value is -2.51. The van der Waals surface area contributed by atoms with Crippen molar-refractivity contribution in [2.45, 2.75) is 6.42 Å². The lowest BCUT2D eigenvalue weighted by Gasteiger charge is -2.36. The van der Waals surface area contributed by atoms with Crippen LogP contribution in [0.3, 0.4) is 0 Å². The first-order chi connectivity index (χ1) is 16.9. The van der Waals surface area contributed by atoms with E-state index >= 15 is 0 Å². The maximum atomic E-state index is 14.6. The van der Waals surface area contributed by atoms with Gasteiger partial charge < -0.3 is 14.5 Å². The Morgan fingerprint density at radius 3 is 2.17 bits per heavy atom. The third-order valence-electron chi connectivity index (χ3n) is 6.14. The summed E-state index contributed by atoms with van der Waals surface area (Å²) in [6, 6.07) is 19.2. The van der Waals surface area contributed by atoms with Gasteiger partial charge in [-0.2, -0.15) is 0 Å². The van der Waals surface area contributed by atoms with Gasteiger partial charge in [-0.25, -0.2) is 4.39 Å². The van der Waals surface area contributed by atoms with Gasteiger partial charge in [-0.05, 0) is 73.2 Å². The zero-order chi connectivity index (χ0) is 24.8. The van der Waals surface area contributed by atoms with Crippen LogP contribution in [0.25, 0.3) is 0 Å². The molecule has 1 aliphatic rings. The summed E-state index contributed by atoms with van der Waals surface area (Å²) in [4.78, 5) is 18.9. The van der Waals surface area contributed by atoms with E-state index < -0.39 is 5.82 Å². The van der Waals surface area contributed by atoms with Crippen molar-refractivity contribution < 1.29 is 13.9 Å². The highest BCUT2D eigenvalue weighted by molar-refractivity contribution is 6.31. The fourth-order valence-corrected chi connectivity index (χ4v) is 4.33. The highest BCUT2D eigenvalue weighted by atomic mass is 35.5. The molecule has 0 unspecified atom stereocenters. The van der Waals surface area contributed by atoms with Crippen LogP contribution in [0.2, 0.25) is 10.0 Å². The van der Waals surface area contributed by atoms with Crippen LogP contribution < -0.4 is 14.5 Å². The quantitative estimate of drug-likeness (QED) is 0.302. The topological polar surface area (TPSA) is 36.0 Å².